The van der Waals surface area contributed by atoms with Crippen LogP contribution in [-0.2, 0) is 0 Å². The van der Waals surface area contributed by atoms with Crippen molar-refractivity contribution in [1.82, 2.24) is 0 Å². The van der Waals surface area contributed by atoms with Crippen LogP contribution < -0.4 is 3.27 Å². The average Bonchev–Trinajstić information content (AvgIpc) is 1.97. The molecule has 0 aliphatic rings. The fourth-order valence-corrected chi connectivity index (χ4v) is 6.34. The van der Waals surface area contributed by atoms with Gasteiger partial charge in [0.25, 0.3) is 0 Å². The van der Waals surface area contributed by atoms with Gasteiger partial charge in [0.15, 0.2) is 0 Å². The summed E-state index contributed by atoms with van der Waals surface area (Å²) in [6.07, 6.45) is 0. The van der Waals surface area contributed by atoms with Crippen molar-refractivity contribution in [2.45, 2.75) is 7.77 Å². The number of halogens is 7. The van der Waals surface area contributed by atoms with Crippen molar-refractivity contribution < 1.29 is 30.7 Å². The molecule has 90 valence electrons. The van der Waals surface area contributed by atoms with Gasteiger partial charge in [-0.3, -0.25) is 0 Å². The van der Waals surface area contributed by atoms with Crippen molar-refractivity contribution in [3.05, 3.63) is 30.1 Å². The van der Waals surface area contributed by atoms with Gasteiger partial charge in [-0.25, -0.2) is 0 Å². The number of hydrogen-bond acceptors (Lipinski definition) is 0. The van der Waals surface area contributed by atoms with E-state index in [0.29, 0.717) is 12.1 Å². The number of alkyl halides is 6. The molecule has 0 saturated carbocycles. The van der Waals surface area contributed by atoms with Crippen molar-refractivity contribution in [2.24, 2.45) is 0 Å². The molecule has 1 aromatic rings. The third kappa shape index (κ3) is 3.30. The van der Waals surface area contributed by atoms with Crippen LogP contribution in [-0.4, -0.2) is 29.5 Å². The molecular formula is C8H4BiF7. The number of hydrogen-bond donors (Lipinski definition) is 0. The normalized spacial score (nSPS) is 13.2. The van der Waals surface area contributed by atoms with E-state index >= 15 is 0 Å². The van der Waals surface area contributed by atoms with Crippen LogP contribution >= 0.6 is 0 Å². The van der Waals surface area contributed by atoms with E-state index in [1.165, 1.54) is 0 Å². The van der Waals surface area contributed by atoms with E-state index in [0.717, 1.165) is 12.1 Å². The monoisotopic (exact) mass is 442 g/mol. The Morgan fingerprint density at radius 3 is 1.75 bits per heavy atom. The van der Waals surface area contributed by atoms with Gasteiger partial charge in [0, 0.05) is 0 Å². The minimum atomic E-state index is -5.97. The second-order valence-corrected chi connectivity index (χ2v) is 11.3. The molecule has 0 nitrogen and oxygen atoms in total. The van der Waals surface area contributed by atoms with Crippen molar-refractivity contribution in [3.8, 4) is 0 Å². The van der Waals surface area contributed by atoms with Crippen LogP contribution in [0.1, 0.15) is 0 Å². The summed E-state index contributed by atoms with van der Waals surface area (Å²) >= 11 is -5.97. The summed E-state index contributed by atoms with van der Waals surface area (Å²) in [4.78, 5) is 0. The molecule has 0 amide bonds. The molecule has 8 heteroatoms. The quantitative estimate of drug-likeness (QED) is 0.464. The van der Waals surface area contributed by atoms with E-state index in [1.807, 2.05) is 0 Å². The maximum absolute atomic E-state index is 12.6. The van der Waals surface area contributed by atoms with Crippen LogP contribution in [0.3, 0.4) is 0 Å². The SMILES string of the molecule is Fc1ccc[c]([Bi]([C](F)(F)F)[C](F)(F)F)c1. The van der Waals surface area contributed by atoms with Crippen LogP contribution in [0.25, 0.3) is 0 Å². The Morgan fingerprint density at radius 1 is 0.875 bits per heavy atom. The molecule has 0 aliphatic heterocycles. The van der Waals surface area contributed by atoms with Gasteiger partial charge in [-0.05, 0) is 0 Å². The molecule has 0 atom stereocenters. The predicted molar refractivity (Wildman–Crippen MR) is 43.9 cm³/mol. The zero-order valence-corrected chi connectivity index (χ0v) is 10.9. The van der Waals surface area contributed by atoms with Crippen molar-refractivity contribution in [3.63, 3.8) is 0 Å². The van der Waals surface area contributed by atoms with Gasteiger partial charge in [-0.15, -0.1) is 0 Å². The van der Waals surface area contributed by atoms with Crippen molar-refractivity contribution in [2.75, 3.05) is 0 Å². The molecule has 0 radical (unpaired) electrons. The Labute approximate surface area is 93.7 Å². The van der Waals surface area contributed by atoms with Gasteiger partial charge in [-0.1, -0.05) is 0 Å². The molecule has 1 rings (SSSR count). The molecule has 0 fully saturated rings. The van der Waals surface area contributed by atoms with E-state index in [4.69, 9.17) is 0 Å². The fraction of sp³-hybridized carbons (Fsp3) is 0.250. The summed E-state index contributed by atoms with van der Waals surface area (Å²) in [5.74, 6) is -1.09. The Hall–Kier alpha value is -0.387. The van der Waals surface area contributed by atoms with Crippen LogP contribution in [0.5, 0.6) is 0 Å². The summed E-state index contributed by atoms with van der Waals surface area (Å²) < 4.78 is 74.8. The van der Waals surface area contributed by atoms with Gasteiger partial charge in [0.2, 0.25) is 0 Å². The van der Waals surface area contributed by atoms with Gasteiger partial charge >= 0.3 is 93.6 Å². The zero-order chi connectivity index (χ0) is 12.6. The number of rotatable bonds is 1. The fourth-order valence-electron chi connectivity index (χ4n) is 1.05. The average molecular weight is 442 g/mol. The van der Waals surface area contributed by atoms with Crippen LogP contribution in [0.4, 0.5) is 30.7 Å². The summed E-state index contributed by atoms with van der Waals surface area (Å²) in [6, 6.07) is 2.66. The Balaban J connectivity index is 3.23. The molecule has 0 aliphatic carbocycles. The van der Waals surface area contributed by atoms with Crippen LogP contribution in [0.2, 0.25) is 0 Å². The first kappa shape index (κ1) is 13.7. The Morgan fingerprint density at radius 2 is 1.38 bits per heavy atom. The van der Waals surface area contributed by atoms with Crippen LogP contribution in [0.15, 0.2) is 24.3 Å². The summed E-state index contributed by atoms with van der Waals surface area (Å²) in [5.41, 5.74) is 0. The number of benzene rings is 1. The molecule has 16 heavy (non-hydrogen) atoms. The summed E-state index contributed by atoms with van der Waals surface area (Å²) in [6.45, 7) is 0. The van der Waals surface area contributed by atoms with E-state index in [-0.39, 0.29) is 0 Å². The molecular weight excluding hydrogens is 438 g/mol. The van der Waals surface area contributed by atoms with Crippen molar-refractivity contribution >= 4 is 25.0 Å². The minimum absolute atomic E-state index is 0.318. The first-order chi connectivity index (χ1) is 7.12. The first-order valence-electron chi connectivity index (χ1n) is 3.82. The summed E-state index contributed by atoms with van der Waals surface area (Å²) in [5, 5.41) is 0. The zero-order valence-electron chi connectivity index (χ0n) is 7.40. The van der Waals surface area contributed by atoms with E-state index in [2.05, 4.69) is 0 Å². The molecule has 0 aromatic heterocycles. The third-order valence-corrected chi connectivity index (χ3v) is 8.60. The predicted octanol–water partition coefficient (Wildman–Crippen LogP) is 2.73. The van der Waals surface area contributed by atoms with E-state index < -0.39 is 38.6 Å². The topological polar surface area (TPSA) is 0 Å². The molecule has 1 aromatic carbocycles. The molecule has 0 saturated heterocycles. The summed E-state index contributed by atoms with van der Waals surface area (Å²) in [7, 11) is 0. The second kappa shape index (κ2) is 4.47. The molecule has 0 heterocycles. The van der Waals surface area contributed by atoms with Gasteiger partial charge in [0.1, 0.15) is 0 Å². The van der Waals surface area contributed by atoms with E-state index in [1.54, 1.807) is 0 Å². The molecule has 0 N–H and O–H groups in total. The van der Waals surface area contributed by atoms with Crippen molar-refractivity contribution in [1.29, 1.82) is 0 Å². The standard InChI is InChI=1S/C6H4F.2CF3.Bi/c7-6-4-2-1-3-5-6;2*2-1(3)4;/h1-2,4-5H;;;. The second-order valence-electron chi connectivity index (χ2n) is 2.75. The molecule has 0 unspecified atom stereocenters. The van der Waals surface area contributed by atoms with Gasteiger partial charge < -0.3 is 0 Å². The van der Waals surface area contributed by atoms with E-state index in [9.17, 15) is 30.7 Å². The Bertz CT molecular complexity index is 353. The van der Waals surface area contributed by atoms with Gasteiger partial charge in [0.05, 0.1) is 0 Å². The third-order valence-electron chi connectivity index (χ3n) is 1.57. The van der Waals surface area contributed by atoms with Crippen LogP contribution in [0, 0.1) is 5.82 Å². The molecule has 0 bridgehead atoms. The first-order valence-corrected chi connectivity index (χ1v) is 9.03. The molecule has 0 spiro atoms. The maximum atomic E-state index is 12.6. The Kier molecular flexibility index (Phi) is 3.82. The van der Waals surface area contributed by atoms with Gasteiger partial charge in [-0.2, -0.15) is 0 Å².